The van der Waals surface area contributed by atoms with E-state index in [2.05, 4.69) is 61.6 Å². The van der Waals surface area contributed by atoms with E-state index in [1.165, 1.54) is 34.1 Å². The van der Waals surface area contributed by atoms with E-state index in [0.29, 0.717) is 12.5 Å². The smallest absolute Gasteiger partial charge is 0.119 e. The first-order chi connectivity index (χ1) is 14.7. The van der Waals surface area contributed by atoms with E-state index in [-0.39, 0.29) is 6.61 Å². The van der Waals surface area contributed by atoms with E-state index >= 15 is 0 Å². The summed E-state index contributed by atoms with van der Waals surface area (Å²) in [4.78, 5) is 3.67. The first-order valence-corrected chi connectivity index (χ1v) is 11.0. The van der Waals surface area contributed by atoms with E-state index in [0.717, 1.165) is 23.1 Å². The molecule has 0 radical (unpaired) electrons. The van der Waals surface area contributed by atoms with Crippen LogP contribution in [0.5, 0.6) is 5.75 Å². The van der Waals surface area contributed by atoms with Crippen molar-refractivity contribution < 1.29 is 9.84 Å². The number of benzene rings is 2. The molecule has 2 aromatic carbocycles. The molecule has 6 nitrogen and oxygen atoms in total. The summed E-state index contributed by atoms with van der Waals surface area (Å²) in [6.07, 6.45) is 6.11. The highest BCUT2D eigenvalue weighted by Crippen LogP contribution is 2.40. The van der Waals surface area contributed by atoms with Crippen molar-refractivity contribution in [3.8, 4) is 5.75 Å². The van der Waals surface area contributed by atoms with Crippen LogP contribution in [0, 0.1) is 0 Å². The van der Waals surface area contributed by atoms with Gasteiger partial charge in [0.1, 0.15) is 18.5 Å². The Morgan fingerprint density at radius 2 is 2.10 bits per heavy atom. The third-order valence-corrected chi connectivity index (χ3v) is 6.26. The van der Waals surface area contributed by atoms with Gasteiger partial charge in [-0.25, -0.2) is 4.68 Å². The molecular weight excluding hydrogens is 444 g/mol. The van der Waals surface area contributed by atoms with Gasteiger partial charge in [0.15, 0.2) is 0 Å². The minimum Gasteiger partial charge on any atom is -0.491 e. The normalized spacial score (nSPS) is 17.1. The van der Waals surface area contributed by atoms with Gasteiger partial charge in [-0.05, 0) is 60.7 Å². The Balaban J connectivity index is 1.30. The van der Waals surface area contributed by atoms with Crippen LogP contribution in [-0.4, -0.2) is 37.8 Å². The monoisotopic (exact) mass is 466 g/mol. The van der Waals surface area contributed by atoms with Crippen molar-refractivity contribution in [3.05, 3.63) is 76.2 Å². The van der Waals surface area contributed by atoms with Crippen molar-refractivity contribution in [1.82, 2.24) is 20.0 Å². The quantitative estimate of drug-likeness (QED) is 0.440. The number of nitrogens with zero attached hydrogens (tertiary/aromatic N) is 3. The molecule has 7 heteroatoms. The van der Waals surface area contributed by atoms with Gasteiger partial charge in [-0.15, -0.1) is 5.10 Å². The van der Waals surface area contributed by atoms with Gasteiger partial charge in [0.25, 0.3) is 0 Å². The summed E-state index contributed by atoms with van der Waals surface area (Å²) in [5.74, 6) is 1.12. The predicted molar refractivity (Wildman–Crippen MR) is 119 cm³/mol. The second-order valence-corrected chi connectivity index (χ2v) is 8.73. The van der Waals surface area contributed by atoms with E-state index in [9.17, 15) is 5.11 Å². The molecule has 2 aromatic heterocycles. The lowest BCUT2D eigenvalue weighted by Crippen LogP contribution is -2.23. The molecule has 2 N–H and O–H groups in total. The van der Waals surface area contributed by atoms with E-state index in [1.54, 1.807) is 17.1 Å². The minimum atomic E-state index is -0.641. The molecular formula is C23H23BrN4O2. The number of fused-ring (bicyclic) bond motifs is 3. The zero-order valence-electron chi connectivity index (χ0n) is 16.5. The topological polar surface area (TPSA) is 76.0 Å². The zero-order valence-corrected chi connectivity index (χ0v) is 18.0. The molecule has 0 aliphatic heterocycles. The highest BCUT2D eigenvalue weighted by Gasteiger charge is 2.25. The number of ether oxygens (including phenoxy) is 1. The van der Waals surface area contributed by atoms with Crippen LogP contribution in [0.3, 0.4) is 0 Å². The minimum absolute atomic E-state index is 0.212. The molecule has 0 amide bonds. The second kappa shape index (κ2) is 8.24. The van der Waals surface area contributed by atoms with Gasteiger partial charge >= 0.3 is 0 Å². The van der Waals surface area contributed by atoms with Crippen molar-refractivity contribution in [2.24, 2.45) is 0 Å². The summed E-state index contributed by atoms with van der Waals surface area (Å²) >= 11 is 3.60. The van der Waals surface area contributed by atoms with E-state index < -0.39 is 6.10 Å². The first kappa shape index (κ1) is 19.3. The summed E-state index contributed by atoms with van der Waals surface area (Å²) in [6, 6.07) is 14.7. The molecule has 2 heterocycles. The number of aryl methyl sites for hydroxylation is 1. The summed E-state index contributed by atoms with van der Waals surface area (Å²) < 4.78 is 8.48. The van der Waals surface area contributed by atoms with Crippen molar-refractivity contribution >= 4 is 26.8 Å². The summed E-state index contributed by atoms with van der Waals surface area (Å²) in [5.41, 5.74) is 5.28. The van der Waals surface area contributed by atoms with Crippen LogP contribution in [-0.2, 0) is 13.0 Å². The lowest BCUT2D eigenvalue weighted by molar-refractivity contribution is 0.0888. The molecule has 5 rings (SSSR count). The van der Waals surface area contributed by atoms with Gasteiger partial charge in [0.2, 0.25) is 0 Å². The maximum absolute atomic E-state index is 10.1. The number of hydrogen-bond donors (Lipinski definition) is 2. The predicted octanol–water partition coefficient (Wildman–Crippen LogP) is 4.43. The molecule has 1 aliphatic carbocycles. The number of aromatic amines is 1. The standard InChI is InChI=1S/C23H23BrN4O2/c24-16-6-9-22-21(12-16)20-3-1-2-19(23(20)26-22)15-4-7-18(8-5-15)30-14-17(29)13-28-11-10-25-27-28/h4-12,17,19,26,29H,1-3,13-14H2. The molecule has 0 saturated carbocycles. The number of aliphatic hydroxyl groups is 1. The second-order valence-electron chi connectivity index (χ2n) is 7.81. The average molecular weight is 467 g/mol. The number of aromatic nitrogens is 4. The summed E-state index contributed by atoms with van der Waals surface area (Å²) in [6.45, 7) is 0.573. The van der Waals surface area contributed by atoms with Crippen molar-refractivity contribution in [1.29, 1.82) is 0 Å². The van der Waals surface area contributed by atoms with Gasteiger partial charge in [-0.2, -0.15) is 0 Å². The number of aliphatic hydroxyl groups excluding tert-OH is 1. The molecule has 2 unspecified atom stereocenters. The molecule has 0 bridgehead atoms. The number of hydrogen-bond acceptors (Lipinski definition) is 4. The molecule has 2 atom stereocenters. The Hall–Kier alpha value is -2.64. The van der Waals surface area contributed by atoms with Gasteiger partial charge < -0.3 is 14.8 Å². The Labute approximate surface area is 183 Å². The maximum Gasteiger partial charge on any atom is 0.119 e. The molecule has 0 spiro atoms. The van der Waals surface area contributed by atoms with Crippen LogP contribution in [0.15, 0.2) is 59.3 Å². The lowest BCUT2D eigenvalue weighted by atomic mass is 9.82. The van der Waals surface area contributed by atoms with Crippen molar-refractivity contribution in [2.45, 2.75) is 37.8 Å². The largest absolute Gasteiger partial charge is 0.491 e. The molecule has 154 valence electrons. The van der Waals surface area contributed by atoms with Crippen molar-refractivity contribution in [3.63, 3.8) is 0 Å². The van der Waals surface area contributed by atoms with Crippen LogP contribution < -0.4 is 4.74 Å². The Bertz CT molecular complexity index is 1140. The molecule has 4 aromatic rings. The third kappa shape index (κ3) is 3.87. The molecule has 0 fully saturated rings. The number of halogens is 1. The molecule has 1 aliphatic rings. The number of rotatable bonds is 6. The fraction of sp³-hybridized carbons (Fsp3) is 0.304. The van der Waals surface area contributed by atoms with Gasteiger partial charge in [-0.3, -0.25) is 0 Å². The Kier molecular flexibility index (Phi) is 5.31. The SMILES string of the molecule is OC(COc1ccc(C2CCCc3c2[nH]c2ccc(Br)cc32)cc1)Cn1ccnn1. The summed E-state index contributed by atoms with van der Waals surface area (Å²) in [5, 5.41) is 19.0. The fourth-order valence-corrected chi connectivity index (χ4v) is 4.72. The van der Waals surface area contributed by atoms with Crippen LogP contribution in [0.4, 0.5) is 0 Å². The van der Waals surface area contributed by atoms with Crippen LogP contribution in [0.1, 0.15) is 35.6 Å². The van der Waals surface area contributed by atoms with Gasteiger partial charge in [0.05, 0.1) is 12.7 Å². The number of nitrogens with one attached hydrogen (secondary N) is 1. The van der Waals surface area contributed by atoms with Gasteiger partial charge in [0, 0.05) is 33.2 Å². The highest BCUT2D eigenvalue weighted by atomic mass is 79.9. The van der Waals surface area contributed by atoms with Crippen LogP contribution >= 0.6 is 15.9 Å². The average Bonchev–Trinajstić information content (AvgIpc) is 3.40. The Morgan fingerprint density at radius 1 is 1.23 bits per heavy atom. The lowest BCUT2D eigenvalue weighted by Gasteiger charge is -2.23. The first-order valence-electron chi connectivity index (χ1n) is 10.2. The molecule has 0 saturated heterocycles. The van der Waals surface area contributed by atoms with Crippen LogP contribution in [0.25, 0.3) is 10.9 Å². The Morgan fingerprint density at radius 3 is 2.90 bits per heavy atom. The maximum atomic E-state index is 10.1. The van der Waals surface area contributed by atoms with Gasteiger partial charge in [-0.1, -0.05) is 33.3 Å². The zero-order chi connectivity index (χ0) is 20.5. The number of H-pyrrole nitrogens is 1. The third-order valence-electron chi connectivity index (χ3n) is 5.76. The highest BCUT2D eigenvalue weighted by molar-refractivity contribution is 9.10. The van der Waals surface area contributed by atoms with Crippen molar-refractivity contribution in [2.75, 3.05) is 6.61 Å². The van der Waals surface area contributed by atoms with E-state index in [1.807, 2.05) is 12.1 Å². The fourth-order valence-electron chi connectivity index (χ4n) is 4.36. The van der Waals surface area contributed by atoms with E-state index in [4.69, 9.17) is 4.74 Å². The van der Waals surface area contributed by atoms with Crippen LogP contribution in [0.2, 0.25) is 0 Å². The summed E-state index contributed by atoms with van der Waals surface area (Å²) in [7, 11) is 0. The molecule has 30 heavy (non-hydrogen) atoms.